The minimum absolute atomic E-state index is 0.0536. The summed E-state index contributed by atoms with van der Waals surface area (Å²) in [6, 6.07) is 0. The number of carbonyl (C=O) groups is 3. The highest BCUT2D eigenvalue weighted by molar-refractivity contribution is 6.36. The zero-order valence-electron chi connectivity index (χ0n) is 11.8. The fourth-order valence-corrected chi connectivity index (χ4v) is 1.68. The third-order valence-electron chi connectivity index (χ3n) is 2.82. The highest BCUT2D eigenvalue weighted by Crippen LogP contribution is 2.14. The summed E-state index contributed by atoms with van der Waals surface area (Å²) in [5.41, 5.74) is -0.182. The topological polar surface area (TPSA) is 99.5 Å². The van der Waals surface area contributed by atoms with Crippen molar-refractivity contribution in [3.05, 3.63) is 0 Å². The van der Waals surface area contributed by atoms with Crippen LogP contribution in [0.2, 0.25) is 0 Å². The van der Waals surface area contributed by atoms with E-state index in [9.17, 15) is 14.4 Å². The SMILES string of the molecule is CCCN(CC(=O)N(C)C)C(=O)C1CC(C(=O)O)=NO1. The van der Waals surface area contributed by atoms with Gasteiger partial charge in [-0.3, -0.25) is 9.59 Å². The lowest BCUT2D eigenvalue weighted by Crippen LogP contribution is -2.45. The van der Waals surface area contributed by atoms with Crippen LogP contribution in [0.4, 0.5) is 0 Å². The van der Waals surface area contributed by atoms with Gasteiger partial charge in [0.15, 0.2) is 5.71 Å². The molecule has 8 heteroatoms. The van der Waals surface area contributed by atoms with E-state index in [0.717, 1.165) is 0 Å². The molecule has 0 aliphatic carbocycles. The molecular weight excluding hydrogens is 266 g/mol. The Hall–Kier alpha value is -2.12. The molecule has 112 valence electrons. The smallest absolute Gasteiger partial charge is 0.353 e. The van der Waals surface area contributed by atoms with Crippen LogP contribution in [-0.2, 0) is 19.2 Å². The molecule has 1 heterocycles. The maximum absolute atomic E-state index is 12.2. The molecule has 2 amide bonds. The summed E-state index contributed by atoms with van der Waals surface area (Å²) < 4.78 is 0. The van der Waals surface area contributed by atoms with Crippen LogP contribution in [0.25, 0.3) is 0 Å². The van der Waals surface area contributed by atoms with Crippen LogP contribution >= 0.6 is 0 Å². The fraction of sp³-hybridized carbons (Fsp3) is 0.667. The molecule has 20 heavy (non-hydrogen) atoms. The molecule has 0 spiro atoms. The summed E-state index contributed by atoms with van der Waals surface area (Å²) in [5.74, 6) is -1.82. The first-order chi connectivity index (χ1) is 9.36. The summed E-state index contributed by atoms with van der Waals surface area (Å²) in [5, 5.41) is 12.1. The van der Waals surface area contributed by atoms with Crippen molar-refractivity contribution in [2.24, 2.45) is 5.16 Å². The number of oxime groups is 1. The van der Waals surface area contributed by atoms with Crippen molar-refractivity contribution in [3.63, 3.8) is 0 Å². The number of carboxylic acid groups (broad SMARTS) is 1. The quantitative estimate of drug-likeness (QED) is 0.712. The summed E-state index contributed by atoms with van der Waals surface area (Å²) in [6.07, 6.45) is -0.348. The second kappa shape index (κ2) is 6.88. The monoisotopic (exact) mass is 285 g/mol. The van der Waals surface area contributed by atoms with E-state index in [4.69, 9.17) is 9.94 Å². The molecule has 1 N–H and O–H groups in total. The third-order valence-corrected chi connectivity index (χ3v) is 2.82. The lowest BCUT2D eigenvalue weighted by molar-refractivity contribution is -0.146. The van der Waals surface area contributed by atoms with E-state index >= 15 is 0 Å². The van der Waals surface area contributed by atoms with Gasteiger partial charge in [0.25, 0.3) is 5.91 Å². The number of likely N-dealkylation sites (N-methyl/N-ethyl adjacent to an activating group) is 1. The molecule has 0 radical (unpaired) electrons. The fourth-order valence-electron chi connectivity index (χ4n) is 1.68. The first-order valence-electron chi connectivity index (χ1n) is 6.31. The minimum atomic E-state index is -1.20. The zero-order valence-corrected chi connectivity index (χ0v) is 11.8. The largest absolute Gasteiger partial charge is 0.477 e. The van der Waals surface area contributed by atoms with Crippen LogP contribution in [0.1, 0.15) is 19.8 Å². The van der Waals surface area contributed by atoms with E-state index in [2.05, 4.69) is 5.16 Å². The number of hydrogen-bond acceptors (Lipinski definition) is 5. The lowest BCUT2D eigenvalue weighted by atomic mass is 10.1. The summed E-state index contributed by atoms with van der Waals surface area (Å²) >= 11 is 0. The Labute approximate surface area is 117 Å². The molecule has 1 atom stereocenters. The number of rotatable bonds is 6. The van der Waals surface area contributed by atoms with Crippen molar-refractivity contribution < 1.29 is 24.3 Å². The van der Waals surface area contributed by atoms with Gasteiger partial charge in [-0.25, -0.2) is 4.79 Å². The van der Waals surface area contributed by atoms with Crippen molar-refractivity contribution in [2.45, 2.75) is 25.9 Å². The average Bonchev–Trinajstić information content (AvgIpc) is 2.86. The van der Waals surface area contributed by atoms with E-state index in [1.165, 1.54) is 9.80 Å². The number of nitrogens with zero attached hydrogens (tertiary/aromatic N) is 3. The van der Waals surface area contributed by atoms with Gasteiger partial charge in [-0.2, -0.15) is 0 Å². The van der Waals surface area contributed by atoms with Gasteiger partial charge in [-0.15, -0.1) is 0 Å². The van der Waals surface area contributed by atoms with Gasteiger partial charge in [0.2, 0.25) is 12.0 Å². The standard InChI is InChI=1S/C12H19N3O5/c1-4-5-15(7-10(16)14(2)3)11(17)9-6-8(12(18)19)13-20-9/h9H,4-7H2,1-3H3,(H,18,19). The van der Waals surface area contributed by atoms with Crippen molar-refractivity contribution in [1.29, 1.82) is 0 Å². The highest BCUT2D eigenvalue weighted by atomic mass is 16.6. The van der Waals surface area contributed by atoms with E-state index in [1.54, 1.807) is 14.1 Å². The molecule has 0 saturated carbocycles. The number of aliphatic carboxylic acids is 1. The van der Waals surface area contributed by atoms with Gasteiger partial charge in [0.1, 0.15) is 0 Å². The lowest BCUT2D eigenvalue weighted by Gasteiger charge is -2.25. The molecule has 0 saturated heterocycles. The zero-order chi connectivity index (χ0) is 15.3. The summed E-state index contributed by atoms with van der Waals surface area (Å²) in [4.78, 5) is 42.3. The van der Waals surface area contributed by atoms with Crippen molar-refractivity contribution in [2.75, 3.05) is 27.2 Å². The first-order valence-corrected chi connectivity index (χ1v) is 6.31. The van der Waals surface area contributed by atoms with Crippen molar-refractivity contribution in [1.82, 2.24) is 9.80 Å². The second-order valence-electron chi connectivity index (χ2n) is 4.69. The average molecular weight is 285 g/mol. The number of hydrogen-bond donors (Lipinski definition) is 1. The number of carboxylic acids is 1. The second-order valence-corrected chi connectivity index (χ2v) is 4.69. The Morgan fingerprint density at radius 1 is 1.40 bits per heavy atom. The van der Waals surface area contributed by atoms with Gasteiger partial charge >= 0.3 is 5.97 Å². The van der Waals surface area contributed by atoms with Crippen LogP contribution in [0.5, 0.6) is 0 Å². The Morgan fingerprint density at radius 3 is 2.50 bits per heavy atom. The van der Waals surface area contributed by atoms with Crippen LogP contribution in [0.15, 0.2) is 5.16 Å². The molecule has 1 rings (SSSR count). The normalized spacial score (nSPS) is 17.1. The van der Waals surface area contributed by atoms with E-state index < -0.39 is 18.0 Å². The maximum Gasteiger partial charge on any atom is 0.353 e. The Balaban J connectivity index is 2.66. The molecule has 0 aromatic carbocycles. The van der Waals surface area contributed by atoms with Gasteiger partial charge in [0.05, 0.1) is 6.54 Å². The van der Waals surface area contributed by atoms with Crippen LogP contribution < -0.4 is 0 Å². The Kier molecular flexibility index (Phi) is 5.48. The number of carbonyl (C=O) groups excluding carboxylic acids is 2. The van der Waals surface area contributed by atoms with E-state index in [1.807, 2.05) is 6.92 Å². The van der Waals surface area contributed by atoms with Gasteiger partial charge in [-0.1, -0.05) is 12.1 Å². The molecular formula is C12H19N3O5. The van der Waals surface area contributed by atoms with Crippen molar-refractivity contribution in [3.8, 4) is 0 Å². The van der Waals surface area contributed by atoms with E-state index in [0.29, 0.717) is 13.0 Å². The Morgan fingerprint density at radius 2 is 2.05 bits per heavy atom. The molecule has 8 nitrogen and oxygen atoms in total. The van der Waals surface area contributed by atoms with Gasteiger partial charge < -0.3 is 19.7 Å². The van der Waals surface area contributed by atoms with Gasteiger partial charge in [-0.05, 0) is 6.42 Å². The molecule has 0 bridgehead atoms. The van der Waals surface area contributed by atoms with Crippen LogP contribution in [0.3, 0.4) is 0 Å². The molecule has 0 fully saturated rings. The van der Waals surface area contributed by atoms with Crippen LogP contribution in [0, 0.1) is 0 Å². The van der Waals surface area contributed by atoms with Crippen molar-refractivity contribution >= 4 is 23.5 Å². The molecule has 1 aliphatic heterocycles. The highest BCUT2D eigenvalue weighted by Gasteiger charge is 2.34. The van der Waals surface area contributed by atoms with Crippen LogP contribution in [-0.4, -0.2) is 71.7 Å². The minimum Gasteiger partial charge on any atom is -0.477 e. The molecule has 0 aromatic heterocycles. The maximum atomic E-state index is 12.2. The third kappa shape index (κ3) is 3.94. The van der Waals surface area contributed by atoms with E-state index in [-0.39, 0.29) is 24.6 Å². The molecule has 1 aliphatic rings. The number of amides is 2. The Bertz CT molecular complexity index is 433. The van der Waals surface area contributed by atoms with Gasteiger partial charge in [0, 0.05) is 27.1 Å². The predicted octanol–water partition coefficient (Wildman–Crippen LogP) is -0.457. The molecule has 0 aromatic rings. The summed E-state index contributed by atoms with van der Waals surface area (Å²) in [7, 11) is 3.21. The predicted molar refractivity (Wildman–Crippen MR) is 70.1 cm³/mol. The summed E-state index contributed by atoms with van der Waals surface area (Å²) in [6.45, 7) is 2.23. The molecule has 1 unspecified atom stereocenters. The first kappa shape index (κ1) is 15.9.